The van der Waals surface area contributed by atoms with Crippen molar-refractivity contribution in [2.24, 2.45) is 23.7 Å². The van der Waals surface area contributed by atoms with Crippen LogP contribution < -0.4 is 5.32 Å². The van der Waals surface area contributed by atoms with Gasteiger partial charge < -0.3 is 10.1 Å². The monoisotopic (exact) mass is 383 g/mol. The van der Waals surface area contributed by atoms with Crippen molar-refractivity contribution in [2.45, 2.75) is 66.0 Å². The van der Waals surface area contributed by atoms with Crippen LogP contribution in [0.2, 0.25) is 0 Å². The first-order chi connectivity index (χ1) is 13.2. The van der Waals surface area contributed by atoms with Crippen molar-refractivity contribution < 1.29 is 14.3 Å². The SMILES string of the molecule is C#Cc1ccc(C(=O)N[C@H](C(=O)O[C@H]2C[C@@H](C)CC[C@@H]2C(C)C)C(C)C)cc1. The molecular weight excluding hydrogens is 350 g/mol. The molecule has 0 bridgehead atoms. The molecule has 0 aromatic heterocycles. The maximum Gasteiger partial charge on any atom is 0.329 e. The Kier molecular flexibility index (Phi) is 7.69. The first-order valence-electron chi connectivity index (χ1n) is 10.3. The molecule has 4 heteroatoms. The van der Waals surface area contributed by atoms with Crippen molar-refractivity contribution in [2.75, 3.05) is 0 Å². The second kappa shape index (κ2) is 9.78. The molecule has 152 valence electrons. The van der Waals surface area contributed by atoms with Gasteiger partial charge in [-0.2, -0.15) is 0 Å². The third kappa shape index (κ3) is 5.61. The molecule has 1 amide bonds. The van der Waals surface area contributed by atoms with Crippen LogP contribution in [0.1, 0.15) is 69.8 Å². The number of ether oxygens (including phenoxy) is 1. The predicted octanol–water partition coefficient (Wildman–Crippen LogP) is 4.43. The number of hydrogen-bond acceptors (Lipinski definition) is 3. The average Bonchev–Trinajstić information content (AvgIpc) is 2.65. The van der Waals surface area contributed by atoms with E-state index >= 15 is 0 Å². The van der Waals surface area contributed by atoms with Crippen LogP contribution in [0.15, 0.2) is 24.3 Å². The Morgan fingerprint density at radius 3 is 2.32 bits per heavy atom. The van der Waals surface area contributed by atoms with E-state index in [9.17, 15) is 9.59 Å². The summed E-state index contributed by atoms with van der Waals surface area (Å²) < 4.78 is 5.95. The lowest BCUT2D eigenvalue weighted by Crippen LogP contribution is -2.48. The molecule has 0 radical (unpaired) electrons. The van der Waals surface area contributed by atoms with Crippen molar-refractivity contribution in [1.29, 1.82) is 0 Å². The largest absolute Gasteiger partial charge is 0.461 e. The average molecular weight is 384 g/mol. The van der Waals surface area contributed by atoms with E-state index in [4.69, 9.17) is 11.2 Å². The van der Waals surface area contributed by atoms with E-state index in [0.717, 1.165) is 12.8 Å². The maximum atomic E-state index is 12.9. The number of rotatable bonds is 6. The number of terminal acetylenes is 1. The number of nitrogens with one attached hydrogen (secondary N) is 1. The lowest BCUT2D eigenvalue weighted by Gasteiger charge is -2.37. The van der Waals surface area contributed by atoms with Gasteiger partial charge in [-0.1, -0.05) is 47.0 Å². The van der Waals surface area contributed by atoms with Crippen molar-refractivity contribution in [3.05, 3.63) is 35.4 Å². The van der Waals surface area contributed by atoms with Crippen LogP contribution in [-0.2, 0) is 9.53 Å². The quantitative estimate of drug-likeness (QED) is 0.584. The van der Waals surface area contributed by atoms with Gasteiger partial charge >= 0.3 is 5.97 Å². The van der Waals surface area contributed by atoms with Crippen LogP contribution in [0.25, 0.3) is 0 Å². The van der Waals surface area contributed by atoms with Gasteiger partial charge in [-0.25, -0.2) is 4.79 Å². The second-order valence-electron chi connectivity index (χ2n) is 8.72. The van der Waals surface area contributed by atoms with Crippen molar-refractivity contribution in [3.8, 4) is 12.3 Å². The van der Waals surface area contributed by atoms with E-state index in [1.54, 1.807) is 24.3 Å². The molecule has 1 aromatic carbocycles. The van der Waals surface area contributed by atoms with Gasteiger partial charge in [0, 0.05) is 11.1 Å². The summed E-state index contributed by atoms with van der Waals surface area (Å²) in [6, 6.07) is 6.10. The molecular formula is C24H33NO3. The molecule has 4 nitrogen and oxygen atoms in total. The van der Waals surface area contributed by atoms with Crippen LogP contribution in [0.4, 0.5) is 0 Å². The molecule has 0 aliphatic heterocycles. The van der Waals surface area contributed by atoms with Gasteiger partial charge in [-0.05, 0) is 60.8 Å². The fourth-order valence-corrected chi connectivity index (χ4v) is 3.91. The molecule has 4 atom stereocenters. The summed E-state index contributed by atoms with van der Waals surface area (Å²) in [6.07, 6.45) is 8.42. The molecule has 2 rings (SSSR count). The molecule has 1 aromatic rings. The lowest BCUT2D eigenvalue weighted by atomic mass is 9.75. The summed E-state index contributed by atoms with van der Waals surface area (Å²) in [7, 11) is 0. The molecule has 1 fully saturated rings. The van der Waals surface area contributed by atoms with E-state index < -0.39 is 6.04 Å². The smallest absolute Gasteiger partial charge is 0.329 e. The van der Waals surface area contributed by atoms with Crippen LogP contribution in [0.5, 0.6) is 0 Å². The van der Waals surface area contributed by atoms with Gasteiger partial charge in [0.25, 0.3) is 5.91 Å². The molecule has 1 N–H and O–H groups in total. The van der Waals surface area contributed by atoms with Gasteiger partial charge in [-0.3, -0.25) is 4.79 Å². The van der Waals surface area contributed by atoms with Crippen molar-refractivity contribution >= 4 is 11.9 Å². The Morgan fingerprint density at radius 2 is 1.79 bits per heavy atom. The number of hydrogen-bond donors (Lipinski definition) is 1. The Hall–Kier alpha value is -2.28. The van der Waals surface area contributed by atoms with Gasteiger partial charge in [0.1, 0.15) is 12.1 Å². The first-order valence-corrected chi connectivity index (χ1v) is 10.3. The van der Waals surface area contributed by atoms with Crippen LogP contribution in [0.3, 0.4) is 0 Å². The molecule has 1 aliphatic carbocycles. The highest BCUT2D eigenvalue weighted by atomic mass is 16.5. The Morgan fingerprint density at radius 1 is 1.14 bits per heavy atom. The number of esters is 1. The molecule has 0 heterocycles. The summed E-state index contributed by atoms with van der Waals surface area (Å²) in [5.41, 5.74) is 1.19. The fraction of sp³-hybridized carbons (Fsp3) is 0.583. The fourth-order valence-electron chi connectivity index (χ4n) is 3.91. The minimum atomic E-state index is -0.676. The third-order valence-electron chi connectivity index (χ3n) is 5.75. The van der Waals surface area contributed by atoms with Crippen LogP contribution in [0, 0.1) is 36.0 Å². The summed E-state index contributed by atoms with van der Waals surface area (Å²) in [6.45, 7) is 10.4. The standard InChI is InChI=1S/C24H33NO3/c1-7-18-9-11-19(12-10-18)23(26)25-22(16(4)5)24(27)28-21-14-17(6)8-13-20(21)15(2)3/h1,9-12,15-17,20-22H,8,13-14H2,2-6H3,(H,25,26)/t17-,20+,21-,22-/m0/s1. The molecule has 28 heavy (non-hydrogen) atoms. The molecule has 0 unspecified atom stereocenters. The predicted molar refractivity (Wildman–Crippen MR) is 112 cm³/mol. The topological polar surface area (TPSA) is 55.4 Å². The highest BCUT2D eigenvalue weighted by Crippen LogP contribution is 2.35. The van der Waals surface area contributed by atoms with Crippen LogP contribution in [-0.4, -0.2) is 24.0 Å². The summed E-state index contributed by atoms with van der Waals surface area (Å²) in [5.74, 6) is 3.21. The van der Waals surface area contributed by atoms with E-state index in [1.807, 2.05) is 13.8 Å². The number of benzene rings is 1. The van der Waals surface area contributed by atoms with E-state index in [2.05, 4.69) is 32.0 Å². The Labute approximate surface area is 169 Å². The number of amides is 1. The van der Waals surface area contributed by atoms with Crippen molar-refractivity contribution in [3.63, 3.8) is 0 Å². The van der Waals surface area contributed by atoms with E-state index in [0.29, 0.717) is 28.9 Å². The highest BCUT2D eigenvalue weighted by molar-refractivity contribution is 5.97. The Bertz CT molecular complexity index is 714. The summed E-state index contributed by atoms with van der Waals surface area (Å²) in [5, 5.41) is 2.85. The molecule has 1 aliphatic rings. The second-order valence-corrected chi connectivity index (χ2v) is 8.72. The zero-order valence-electron chi connectivity index (χ0n) is 17.7. The van der Waals surface area contributed by atoms with Crippen molar-refractivity contribution in [1.82, 2.24) is 5.32 Å². The third-order valence-corrected chi connectivity index (χ3v) is 5.75. The number of carbonyl (C=O) groups is 2. The van der Waals surface area contributed by atoms with Gasteiger partial charge in [0.2, 0.25) is 0 Å². The minimum Gasteiger partial charge on any atom is -0.461 e. The summed E-state index contributed by atoms with van der Waals surface area (Å²) in [4.78, 5) is 25.5. The first kappa shape index (κ1) is 22.0. The number of carbonyl (C=O) groups excluding carboxylic acids is 2. The van der Waals surface area contributed by atoms with E-state index in [1.165, 1.54) is 6.42 Å². The van der Waals surface area contributed by atoms with Gasteiger partial charge in [0.05, 0.1) is 0 Å². The van der Waals surface area contributed by atoms with Crippen LogP contribution >= 0.6 is 0 Å². The van der Waals surface area contributed by atoms with Gasteiger partial charge in [-0.15, -0.1) is 6.42 Å². The Balaban J connectivity index is 2.08. The molecule has 1 saturated carbocycles. The summed E-state index contributed by atoms with van der Waals surface area (Å²) >= 11 is 0. The highest BCUT2D eigenvalue weighted by Gasteiger charge is 2.36. The van der Waals surface area contributed by atoms with E-state index in [-0.39, 0.29) is 23.9 Å². The molecule has 0 saturated heterocycles. The minimum absolute atomic E-state index is 0.0695. The zero-order chi connectivity index (χ0) is 20.8. The van der Waals surface area contributed by atoms with Gasteiger partial charge in [0.15, 0.2) is 0 Å². The molecule has 0 spiro atoms. The normalized spacial score (nSPS) is 23.1. The zero-order valence-corrected chi connectivity index (χ0v) is 17.7. The maximum absolute atomic E-state index is 12.9. The lowest BCUT2D eigenvalue weighted by molar-refractivity contribution is -0.159.